The van der Waals surface area contributed by atoms with E-state index in [1.807, 2.05) is 31.2 Å². The first kappa shape index (κ1) is 20.0. The van der Waals surface area contributed by atoms with E-state index in [9.17, 15) is 9.59 Å². The number of rotatable bonds is 7. The number of ether oxygens (including phenoxy) is 1. The molecule has 0 radical (unpaired) electrons. The highest BCUT2D eigenvalue weighted by molar-refractivity contribution is 8.26. The van der Waals surface area contributed by atoms with Gasteiger partial charge in [0.05, 0.1) is 11.5 Å². The molecule has 1 aliphatic heterocycles. The zero-order valence-corrected chi connectivity index (χ0v) is 16.9. The Morgan fingerprint density at radius 1 is 1.29 bits per heavy atom. The lowest BCUT2D eigenvalue weighted by molar-refractivity contribution is -0.122. The van der Waals surface area contributed by atoms with Crippen molar-refractivity contribution in [3.05, 3.63) is 59.1 Å². The predicted molar refractivity (Wildman–Crippen MR) is 115 cm³/mol. The molecule has 1 N–H and O–H groups in total. The van der Waals surface area contributed by atoms with Crippen molar-refractivity contribution in [2.24, 2.45) is 0 Å². The van der Waals surface area contributed by atoms with Crippen molar-refractivity contribution in [2.75, 3.05) is 18.5 Å². The Morgan fingerprint density at radius 3 is 2.75 bits per heavy atom. The first-order valence-electron chi connectivity index (χ1n) is 8.76. The third-order valence-electron chi connectivity index (χ3n) is 3.86. The fraction of sp³-hybridized carbons (Fsp3) is 0.200. The number of carbonyl (C=O) groups is 2. The van der Waals surface area contributed by atoms with Crippen LogP contribution in [0, 0.1) is 0 Å². The summed E-state index contributed by atoms with van der Waals surface area (Å²) in [6.07, 6.45) is 3.53. The summed E-state index contributed by atoms with van der Waals surface area (Å²) in [6, 6.07) is 12.8. The van der Waals surface area contributed by atoms with E-state index >= 15 is 0 Å². The number of aromatic nitrogens is 1. The second-order valence-electron chi connectivity index (χ2n) is 5.85. The number of thiocarbonyl (C=S) groups is 1. The number of anilines is 1. The Bertz CT molecular complexity index is 899. The molecular formula is C20H19N3O3S2. The molecule has 8 heteroatoms. The first-order valence-corrected chi connectivity index (χ1v) is 9.98. The molecule has 0 spiro atoms. The number of carbonyl (C=O) groups excluding carboxylic acids is 2. The van der Waals surface area contributed by atoms with Gasteiger partial charge in [0.2, 0.25) is 5.91 Å². The van der Waals surface area contributed by atoms with Crippen molar-refractivity contribution in [3.63, 3.8) is 0 Å². The Balaban J connectivity index is 1.59. The Hall–Kier alpha value is -2.71. The van der Waals surface area contributed by atoms with Crippen LogP contribution in [-0.2, 0) is 9.59 Å². The summed E-state index contributed by atoms with van der Waals surface area (Å²) in [5.41, 5.74) is 0.886. The fourth-order valence-electron chi connectivity index (χ4n) is 2.53. The molecule has 0 unspecified atom stereocenters. The van der Waals surface area contributed by atoms with Crippen LogP contribution in [0.15, 0.2) is 53.6 Å². The molecule has 2 heterocycles. The van der Waals surface area contributed by atoms with Crippen LogP contribution in [0.1, 0.15) is 18.9 Å². The Morgan fingerprint density at radius 2 is 2.07 bits per heavy atom. The van der Waals surface area contributed by atoms with Crippen molar-refractivity contribution in [2.45, 2.75) is 13.3 Å². The molecule has 3 rings (SSSR count). The molecule has 28 heavy (non-hydrogen) atoms. The highest BCUT2D eigenvalue weighted by Gasteiger charge is 2.32. The van der Waals surface area contributed by atoms with E-state index in [1.54, 1.807) is 30.5 Å². The van der Waals surface area contributed by atoms with Crippen LogP contribution in [0.3, 0.4) is 0 Å². The normalized spacial score (nSPS) is 15.2. The van der Waals surface area contributed by atoms with Gasteiger partial charge in [-0.15, -0.1) is 0 Å². The van der Waals surface area contributed by atoms with E-state index in [1.165, 1.54) is 16.7 Å². The van der Waals surface area contributed by atoms with Gasteiger partial charge in [-0.3, -0.25) is 14.5 Å². The van der Waals surface area contributed by atoms with Crippen LogP contribution in [-0.4, -0.2) is 39.2 Å². The summed E-state index contributed by atoms with van der Waals surface area (Å²) in [4.78, 5) is 30.8. The maximum atomic E-state index is 12.6. The molecule has 1 aromatic carbocycles. The van der Waals surface area contributed by atoms with E-state index in [4.69, 9.17) is 17.0 Å². The lowest BCUT2D eigenvalue weighted by Gasteiger charge is -2.13. The van der Waals surface area contributed by atoms with Crippen LogP contribution in [0.4, 0.5) is 5.82 Å². The Kier molecular flexibility index (Phi) is 6.78. The van der Waals surface area contributed by atoms with Gasteiger partial charge >= 0.3 is 0 Å². The SMILES string of the molecule is CCOc1ccc(C=C2SC(=S)N(CCC(=O)Nc3ccccn3)C2=O)cc1. The van der Waals surface area contributed by atoms with Crippen molar-refractivity contribution >= 4 is 52.0 Å². The van der Waals surface area contributed by atoms with Gasteiger partial charge in [0, 0.05) is 19.2 Å². The molecule has 0 aliphatic carbocycles. The molecule has 1 saturated heterocycles. The first-order chi connectivity index (χ1) is 13.6. The van der Waals surface area contributed by atoms with Crippen LogP contribution >= 0.6 is 24.0 Å². The minimum Gasteiger partial charge on any atom is -0.494 e. The van der Waals surface area contributed by atoms with Gasteiger partial charge in [0.15, 0.2) is 0 Å². The van der Waals surface area contributed by atoms with E-state index in [0.29, 0.717) is 21.7 Å². The molecule has 0 saturated carbocycles. The van der Waals surface area contributed by atoms with E-state index in [-0.39, 0.29) is 24.8 Å². The van der Waals surface area contributed by atoms with Crippen molar-refractivity contribution < 1.29 is 14.3 Å². The van der Waals surface area contributed by atoms with E-state index in [0.717, 1.165) is 11.3 Å². The van der Waals surface area contributed by atoms with Crippen LogP contribution < -0.4 is 10.1 Å². The van der Waals surface area contributed by atoms with Gasteiger partial charge in [-0.2, -0.15) is 0 Å². The molecule has 2 aromatic rings. The Labute approximate surface area is 173 Å². The van der Waals surface area contributed by atoms with Gasteiger partial charge in [0.25, 0.3) is 5.91 Å². The van der Waals surface area contributed by atoms with Gasteiger partial charge in [0.1, 0.15) is 15.9 Å². The topological polar surface area (TPSA) is 71.5 Å². The van der Waals surface area contributed by atoms with Gasteiger partial charge in [-0.25, -0.2) is 4.98 Å². The molecule has 2 amide bonds. The number of pyridine rings is 1. The van der Waals surface area contributed by atoms with Crippen LogP contribution in [0.25, 0.3) is 6.08 Å². The van der Waals surface area contributed by atoms with Gasteiger partial charge in [-0.05, 0) is 42.8 Å². The monoisotopic (exact) mass is 413 g/mol. The summed E-state index contributed by atoms with van der Waals surface area (Å²) < 4.78 is 5.87. The quantitative estimate of drug-likeness (QED) is 0.551. The average molecular weight is 414 g/mol. The van der Waals surface area contributed by atoms with Gasteiger partial charge < -0.3 is 10.1 Å². The lowest BCUT2D eigenvalue weighted by Crippen LogP contribution is -2.31. The number of amides is 2. The number of benzene rings is 1. The molecule has 144 valence electrons. The largest absolute Gasteiger partial charge is 0.494 e. The molecule has 1 aromatic heterocycles. The van der Waals surface area contributed by atoms with Crippen molar-refractivity contribution in [1.29, 1.82) is 0 Å². The average Bonchev–Trinajstić information content (AvgIpc) is 2.95. The highest BCUT2D eigenvalue weighted by atomic mass is 32.2. The molecule has 0 atom stereocenters. The number of hydrogen-bond acceptors (Lipinski definition) is 6. The molecular weight excluding hydrogens is 394 g/mol. The van der Waals surface area contributed by atoms with Gasteiger partial charge in [-0.1, -0.05) is 42.2 Å². The minimum absolute atomic E-state index is 0.138. The molecule has 6 nitrogen and oxygen atoms in total. The summed E-state index contributed by atoms with van der Waals surface area (Å²) >= 11 is 6.55. The van der Waals surface area contributed by atoms with Crippen molar-refractivity contribution in [1.82, 2.24) is 9.88 Å². The summed E-state index contributed by atoms with van der Waals surface area (Å²) in [5, 5.41) is 2.70. The zero-order valence-electron chi connectivity index (χ0n) is 15.3. The predicted octanol–water partition coefficient (Wildman–Crippen LogP) is 3.71. The van der Waals surface area contributed by atoms with E-state index in [2.05, 4.69) is 10.3 Å². The van der Waals surface area contributed by atoms with Crippen LogP contribution in [0.5, 0.6) is 5.75 Å². The maximum absolute atomic E-state index is 12.6. The summed E-state index contributed by atoms with van der Waals surface area (Å²) in [6.45, 7) is 2.76. The smallest absolute Gasteiger partial charge is 0.266 e. The summed E-state index contributed by atoms with van der Waals surface area (Å²) in [7, 11) is 0. The minimum atomic E-state index is -0.219. The standard InChI is InChI=1S/C20H19N3O3S2/c1-2-26-15-8-6-14(7-9-15)13-16-19(25)23(20(27)28-16)12-10-18(24)22-17-5-3-4-11-21-17/h3-9,11,13H,2,10,12H2,1H3,(H,21,22,24). The second kappa shape index (κ2) is 9.48. The maximum Gasteiger partial charge on any atom is 0.266 e. The molecule has 1 fully saturated rings. The molecule has 1 aliphatic rings. The second-order valence-corrected chi connectivity index (χ2v) is 7.52. The van der Waals surface area contributed by atoms with Crippen LogP contribution in [0.2, 0.25) is 0 Å². The number of nitrogens with zero attached hydrogens (tertiary/aromatic N) is 2. The lowest BCUT2D eigenvalue weighted by atomic mass is 10.2. The number of hydrogen-bond donors (Lipinski definition) is 1. The summed E-state index contributed by atoms with van der Waals surface area (Å²) in [5.74, 6) is 0.858. The van der Waals surface area contributed by atoms with Crippen molar-refractivity contribution in [3.8, 4) is 5.75 Å². The zero-order chi connectivity index (χ0) is 19.9. The van der Waals surface area contributed by atoms with E-state index < -0.39 is 0 Å². The molecule has 0 bridgehead atoms. The fourth-order valence-corrected chi connectivity index (χ4v) is 3.84. The third kappa shape index (κ3) is 5.17. The number of thioether (sulfide) groups is 1. The third-order valence-corrected chi connectivity index (χ3v) is 5.24. The number of nitrogens with one attached hydrogen (secondary N) is 1. The highest BCUT2D eigenvalue weighted by Crippen LogP contribution is 2.32.